The zero-order valence-corrected chi connectivity index (χ0v) is 14.5. The van der Waals surface area contributed by atoms with Crippen LogP contribution in [0.3, 0.4) is 0 Å². The van der Waals surface area contributed by atoms with E-state index in [-0.39, 0.29) is 0 Å². The van der Waals surface area contributed by atoms with Crippen LogP contribution >= 0.6 is 0 Å². The maximum atomic E-state index is 10.9. The molecule has 1 aliphatic carbocycles. The molecule has 2 heterocycles. The van der Waals surface area contributed by atoms with Gasteiger partial charge in [-0.25, -0.2) is 0 Å². The highest BCUT2D eigenvalue weighted by Crippen LogP contribution is 2.30. The van der Waals surface area contributed by atoms with E-state index in [1.807, 2.05) is 33.0 Å². The minimum Gasteiger partial charge on any atom is -0.387 e. The lowest BCUT2D eigenvalue weighted by Gasteiger charge is -2.42. The number of hydrogen-bond donors (Lipinski definition) is 1. The number of hydrogen-bond acceptors (Lipinski definition) is 4. The Balaban J connectivity index is 0.000000847. The van der Waals surface area contributed by atoms with Crippen LogP contribution in [0.15, 0.2) is 18.3 Å². The van der Waals surface area contributed by atoms with Gasteiger partial charge in [-0.05, 0) is 51.8 Å². The lowest BCUT2D eigenvalue weighted by molar-refractivity contribution is -0.00343. The van der Waals surface area contributed by atoms with E-state index in [1.165, 1.54) is 12.8 Å². The monoisotopic (exact) mass is 305 g/mol. The molecule has 0 spiro atoms. The molecule has 1 saturated carbocycles. The summed E-state index contributed by atoms with van der Waals surface area (Å²) in [5, 5.41) is 10.9. The van der Waals surface area contributed by atoms with Crippen molar-refractivity contribution in [1.29, 1.82) is 0 Å². The normalized spacial score (nSPS) is 24.9. The summed E-state index contributed by atoms with van der Waals surface area (Å²) in [5.74, 6) is 0. The molecule has 1 atom stereocenters. The molecule has 0 radical (unpaired) electrons. The van der Waals surface area contributed by atoms with Crippen LogP contribution in [-0.4, -0.2) is 53.3 Å². The van der Waals surface area contributed by atoms with Gasteiger partial charge in [0.25, 0.3) is 0 Å². The molecule has 4 nitrogen and oxygen atoms in total. The lowest BCUT2D eigenvalue weighted by Crippen LogP contribution is -2.54. The Labute approximate surface area is 135 Å². The van der Waals surface area contributed by atoms with E-state index in [2.05, 4.69) is 27.9 Å². The number of rotatable bonds is 4. The average molecular weight is 305 g/mol. The van der Waals surface area contributed by atoms with Gasteiger partial charge in [-0.2, -0.15) is 0 Å². The van der Waals surface area contributed by atoms with Crippen LogP contribution in [0.2, 0.25) is 0 Å². The van der Waals surface area contributed by atoms with Gasteiger partial charge in [0.1, 0.15) is 0 Å². The summed E-state index contributed by atoms with van der Waals surface area (Å²) in [6.07, 6.45) is 6.45. The number of aryl methyl sites for hydroxylation is 1. The summed E-state index contributed by atoms with van der Waals surface area (Å²) in [6.45, 7) is 8.52. The van der Waals surface area contributed by atoms with Crippen LogP contribution in [0.5, 0.6) is 0 Å². The SMILES string of the molecule is CC.Cc1ccc(N2CCCC(O)(CN(C)C3CC3)C2)cn1. The molecule has 0 bridgehead atoms. The van der Waals surface area contributed by atoms with Crippen LogP contribution < -0.4 is 4.90 Å². The van der Waals surface area contributed by atoms with Gasteiger partial charge in [0.05, 0.1) is 17.5 Å². The third-order valence-corrected chi connectivity index (χ3v) is 4.53. The number of nitrogens with zero attached hydrogens (tertiary/aromatic N) is 3. The van der Waals surface area contributed by atoms with Gasteiger partial charge in [-0.1, -0.05) is 13.8 Å². The Hall–Kier alpha value is -1.13. The highest BCUT2D eigenvalue weighted by Gasteiger charge is 2.37. The number of aromatic nitrogens is 1. The second-order valence-electron chi connectivity index (χ2n) is 6.55. The molecule has 1 saturated heterocycles. The highest BCUT2D eigenvalue weighted by molar-refractivity contribution is 5.45. The highest BCUT2D eigenvalue weighted by atomic mass is 16.3. The molecular formula is C18H31N3O. The van der Waals surface area contributed by atoms with Crippen molar-refractivity contribution in [3.05, 3.63) is 24.0 Å². The van der Waals surface area contributed by atoms with Gasteiger partial charge < -0.3 is 14.9 Å². The van der Waals surface area contributed by atoms with Gasteiger partial charge >= 0.3 is 0 Å². The van der Waals surface area contributed by atoms with Crippen molar-refractivity contribution in [2.45, 2.75) is 58.1 Å². The first kappa shape index (κ1) is 17.2. The molecule has 4 heteroatoms. The van der Waals surface area contributed by atoms with Crippen molar-refractivity contribution in [2.24, 2.45) is 0 Å². The Bertz CT molecular complexity index is 458. The molecule has 3 rings (SSSR count). The molecule has 2 aliphatic rings. The van der Waals surface area contributed by atoms with E-state index in [9.17, 15) is 5.11 Å². The van der Waals surface area contributed by atoms with Crippen molar-refractivity contribution in [1.82, 2.24) is 9.88 Å². The second kappa shape index (κ2) is 7.42. The molecule has 1 N–H and O–H groups in total. The van der Waals surface area contributed by atoms with Crippen molar-refractivity contribution in [3.63, 3.8) is 0 Å². The van der Waals surface area contributed by atoms with E-state index in [0.717, 1.165) is 43.9 Å². The Morgan fingerprint density at radius 3 is 2.68 bits per heavy atom. The molecule has 1 aromatic rings. The fourth-order valence-electron chi connectivity index (χ4n) is 3.22. The standard InChI is InChI=1S/C16H25N3O.C2H6/c1-13-4-5-15(10-17-13)19-9-3-8-16(20,12-19)11-18(2)14-6-7-14;1-2/h4-5,10,14,20H,3,6-9,11-12H2,1-2H3;1-2H3. The molecule has 1 unspecified atom stereocenters. The van der Waals surface area contributed by atoms with Crippen LogP contribution in [0, 0.1) is 6.92 Å². The van der Waals surface area contributed by atoms with Gasteiger partial charge in [-0.3, -0.25) is 4.98 Å². The zero-order chi connectivity index (χ0) is 16.2. The van der Waals surface area contributed by atoms with Crippen molar-refractivity contribution < 1.29 is 5.11 Å². The van der Waals surface area contributed by atoms with Crippen LogP contribution in [0.1, 0.15) is 45.2 Å². The van der Waals surface area contributed by atoms with Gasteiger partial charge in [0.15, 0.2) is 0 Å². The molecule has 1 aliphatic heterocycles. The number of likely N-dealkylation sites (N-methyl/N-ethyl adjacent to an activating group) is 1. The van der Waals surface area contributed by atoms with Crippen molar-refractivity contribution in [3.8, 4) is 0 Å². The first-order chi connectivity index (χ1) is 10.6. The van der Waals surface area contributed by atoms with Crippen LogP contribution in [0.25, 0.3) is 0 Å². The van der Waals surface area contributed by atoms with E-state index >= 15 is 0 Å². The second-order valence-corrected chi connectivity index (χ2v) is 6.55. The van der Waals surface area contributed by atoms with Crippen molar-refractivity contribution in [2.75, 3.05) is 31.6 Å². The molecular weight excluding hydrogens is 274 g/mol. The van der Waals surface area contributed by atoms with E-state index in [0.29, 0.717) is 6.04 Å². The minimum atomic E-state index is -0.583. The number of anilines is 1. The smallest absolute Gasteiger partial charge is 0.0948 e. The third-order valence-electron chi connectivity index (χ3n) is 4.53. The fraction of sp³-hybridized carbons (Fsp3) is 0.722. The number of β-amino-alcohol motifs (C(OH)–C–C–N with tert-alkyl or cyclic N) is 1. The quantitative estimate of drug-likeness (QED) is 0.928. The third kappa shape index (κ3) is 4.43. The average Bonchev–Trinajstić information content (AvgIpc) is 3.34. The molecule has 0 amide bonds. The van der Waals surface area contributed by atoms with E-state index < -0.39 is 5.60 Å². The molecule has 0 aromatic carbocycles. The molecule has 1 aromatic heterocycles. The minimum absolute atomic E-state index is 0.583. The lowest BCUT2D eigenvalue weighted by atomic mass is 9.92. The summed E-state index contributed by atoms with van der Waals surface area (Å²) < 4.78 is 0. The predicted molar refractivity (Wildman–Crippen MR) is 92.4 cm³/mol. The maximum Gasteiger partial charge on any atom is 0.0948 e. The molecule has 124 valence electrons. The predicted octanol–water partition coefficient (Wildman–Crippen LogP) is 2.84. The van der Waals surface area contributed by atoms with Crippen LogP contribution in [0.4, 0.5) is 5.69 Å². The molecule has 22 heavy (non-hydrogen) atoms. The fourth-order valence-corrected chi connectivity index (χ4v) is 3.22. The topological polar surface area (TPSA) is 39.6 Å². The first-order valence-electron chi connectivity index (χ1n) is 8.66. The van der Waals surface area contributed by atoms with Gasteiger partial charge in [0.2, 0.25) is 0 Å². The molecule has 2 fully saturated rings. The summed E-state index contributed by atoms with van der Waals surface area (Å²) in [7, 11) is 2.14. The summed E-state index contributed by atoms with van der Waals surface area (Å²) in [6, 6.07) is 4.85. The van der Waals surface area contributed by atoms with Crippen molar-refractivity contribution >= 4 is 5.69 Å². The largest absolute Gasteiger partial charge is 0.387 e. The number of aliphatic hydroxyl groups is 1. The van der Waals surface area contributed by atoms with E-state index in [4.69, 9.17) is 0 Å². The number of piperidine rings is 1. The zero-order valence-electron chi connectivity index (χ0n) is 14.5. The number of pyridine rings is 1. The first-order valence-corrected chi connectivity index (χ1v) is 8.66. The van der Waals surface area contributed by atoms with Gasteiger partial charge in [0, 0.05) is 31.4 Å². The Morgan fingerprint density at radius 1 is 1.36 bits per heavy atom. The maximum absolute atomic E-state index is 10.9. The Kier molecular flexibility index (Phi) is 5.81. The Morgan fingerprint density at radius 2 is 2.09 bits per heavy atom. The van der Waals surface area contributed by atoms with Crippen LogP contribution in [-0.2, 0) is 0 Å². The summed E-state index contributed by atoms with van der Waals surface area (Å²) in [4.78, 5) is 8.97. The van der Waals surface area contributed by atoms with E-state index in [1.54, 1.807) is 0 Å². The summed E-state index contributed by atoms with van der Waals surface area (Å²) >= 11 is 0. The van der Waals surface area contributed by atoms with Gasteiger partial charge in [-0.15, -0.1) is 0 Å². The summed E-state index contributed by atoms with van der Waals surface area (Å²) in [5.41, 5.74) is 1.58.